The molecule has 0 fully saturated rings. The maximum atomic E-state index is 13.3. The van der Waals surface area contributed by atoms with Gasteiger partial charge in [0.2, 0.25) is 0 Å². The molecule has 0 aliphatic heterocycles. The zero-order chi connectivity index (χ0) is 18.7. The Morgan fingerprint density at radius 2 is 2.04 bits per heavy atom. The highest BCUT2D eigenvalue weighted by Crippen LogP contribution is 2.32. The Kier molecular flexibility index (Phi) is 7.01. The van der Waals surface area contributed by atoms with E-state index >= 15 is 0 Å². The molecule has 9 heteroatoms. The zero-order valence-electron chi connectivity index (χ0n) is 14.7. The molecule has 0 amide bonds. The summed E-state index contributed by atoms with van der Waals surface area (Å²) in [5.41, 5.74) is 7.83. The quantitative estimate of drug-likeness (QED) is 0.576. The van der Waals surface area contributed by atoms with Crippen LogP contribution in [-0.2, 0) is 4.74 Å². The molecule has 0 saturated heterocycles. The Labute approximate surface area is 167 Å². The Morgan fingerprint density at radius 1 is 1.26 bits per heavy atom. The average Bonchev–Trinajstić information content (AvgIpc) is 2.60. The van der Waals surface area contributed by atoms with Crippen LogP contribution in [0, 0.1) is 5.82 Å². The lowest BCUT2D eigenvalue weighted by atomic mass is 10.2. The van der Waals surface area contributed by atoms with Crippen molar-refractivity contribution in [3.05, 3.63) is 47.5 Å². The molecule has 144 valence electrons. The number of nitrogens with two attached hydrogens (primary N) is 1. The fourth-order valence-corrected chi connectivity index (χ4v) is 2.68. The highest BCUT2D eigenvalue weighted by Gasteiger charge is 2.12. The van der Waals surface area contributed by atoms with Crippen molar-refractivity contribution in [3.63, 3.8) is 0 Å². The standard InChI is InChI=1S/C18H18ClFN4O2.ClH/c1-10(8-25-2)26-17-7-16-12(6-15(17)21)18(23-9-22-16)24-11-3-4-14(20)13(19)5-11;/h3-7,9-10H,8,21H2,1-2H3,(H,22,23,24);1H. The molecule has 1 atom stereocenters. The number of rotatable bonds is 6. The van der Waals surface area contributed by atoms with Gasteiger partial charge in [0.05, 0.1) is 22.8 Å². The number of nitrogens with one attached hydrogen (secondary N) is 1. The number of anilines is 3. The van der Waals surface area contributed by atoms with E-state index in [1.54, 1.807) is 25.3 Å². The van der Waals surface area contributed by atoms with Crippen molar-refractivity contribution >= 4 is 52.1 Å². The highest BCUT2D eigenvalue weighted by atomic mass is 35.5. The van der Waals surface area contributed by atoms with Gasteiger partial charge in [-0.3, -0.25) is 0 Å². The van der Waals surface area contributed by atoms with E-state index in [0.29, 0.717) is 40.5 Å². The van der Waals surface area contributed by atoms with Crippen LogP contribution < -0.4 is 15.8 Å². The molecule has 27 heavy (non-hydrogen) atoms. The number of benzene rings is 2. The van der Waals surface area contributed by atoms with Crippen LogP contribution in [0.25, 0.3) is 10.9 Å². The molecule has 1 heterocycles. The smallest absolute Gasteiger partial charge is 0.144 e. The Bertz CT molecular complexity index is 943. The normalized spacial score (nSPS) is 11.7. The van der Waals surface area contributed by atoms with Gasteiger partial charge in [-0.15, -0.1) is 12.4 Å². The summed E-state index contributed by atoms with van der Waals surface area (Å²) in [6, 6.07) is 7.82. The molecule has 1 unspecified atom stereocenters. The molecule has 1 aromatic heterocycles. The van der Waals surface area contributed by atoms with Crippen LogP contribution in [0.2, 0.25) is 5.02 Å². The van der Waals surface area contributed by atoms with Crippen molar-refractivity contribution in [2.75, 3.05) is 24.8 Å². The number of aromatic nitrogens is 2. The van der Waals surface area contributed by atoms with Crippen molar-refractivity contribution in [1.29, 1.82) is 0 Å². The van der Waals surface area contributed by atoms with Crippen LogP contribution >= 0.6 is 24.0 Å². The van der Waals surface area contributed by atoms with Gasteiger partial charge in [0.15, 0.2) is 0 Å². The molecule has 6 nitrogen and oxygen atoms in total. The van der Waals surface area contributed by atoms with E-state index in [-0.39, 0.29) is 23.5 Å². The Morgan fingerprint density at radius 3 is 2.74 bits per heavy atom. The monoisotopic (exact) mass is 412 g/mol. The predicted molar refractivity (Wildman–Crippen MR) is 108 cm³/mol. The van der Waals surface area contributed by atoms with Crippen LogP contribution in [0.3, 0.4) is 0 Å². The summed E-state index contributed by atoms with van der Waals surface area (Å²) in [5, 5.41) is 3.83. The summed E-state index contributed by atoms with van der Waals surface area (Å²) in [5.74, 6) is 0.568. The Hall–Kier alpha value is -2.35. The second-order valence-electron chi connectivity index (χ2n) is 5.77. The number of methoxy groups -OCH3 is 1. The minimum atomic E-state index is -0.485. The van der Waals surface area contributed by atoms with E-state index < -0.39 is 5.82 Å². The highest BCUT2D eigenvalue weighted by molar-refractivity contribution is 6.31. The maximum Gasteiger partial charge on any atom is 0.144 e. The summed E-state index contributed by atoms with van der Waals surface area (Å²) < 4.78 is 24.2. The lowest BCUT2D eigenvalue weighted by molar-refractivity contribution is 0.0926. The molecule has 0 aliphatic rings. The Balaban J connectivity index is 0.00000261. The minimum Gasteiger partial charge on any atom is -0.486 e. The van der Waals surface area contributed by atoms with Crippen molar-refractivity contribution in [3.8, 4) is 5.75 Å². The third-order valence-corrected chi connectivity index (χ3v) is 3.97. The molecule has 0 spiro atoms. The fourth-order valence-electron chi connectivity index (χ4n) is 2.50. The van der Waals surface area contributed by atoms with Gasteiger partial charge in [-0.1, -0.05) is 11.6 Å². The van der Waals surface area contributed by atoms with Gasteiger partial charge in [0, 0.05) is 24.2 Å². The number of halogens is 3. The lowest BCUT2D eigenvalue weighted by Crippen LogP contribution is -2.18. The molecular weight excluding hydrogens is 394 g/mol. The molecule has 0 radical (unpaired) electrons. The summed E-state index contributed by atoms with van der Waals surface area (Å²) in [6.45, 7) is 2.33. The molecule has 0 bridgehead atoms. The SMILES string of the molecule is COCC(C)Oc1cc2ncnc(Nc3ccc(F)c(Cl)c3)c2cc1N.Cl. The van der Waals surface area contributed by atoms with Gasteiger partial charge >= 0.3 is 0 Å². The number of hydrogen-bond donors (Lipinski definition) is 2. The van der Waals surface area contributed by atoms with Gasteiger partial charge in [-0.05, 0) is 31.2 Å². The molecule has 0 aliphatic carbocycles. The van der Waals surface area contributed by atoms with Crippen LogP contribution in [0.4, 0.5) is 21.6 Å². The van der Waals surface area contributed by atoms with Crippen molar-refractivity contribution in [1.82, 2.24) is 9.97 Å². The molecular formula is C18H19Cl2FN4O2. The van der Waals surface area contributed by atoms with Crippen molar-refractivity contribution < 1.29 is 13.9 Å². The number of ether oxygens (including phenoxy) is 2. The van der Waals surface area contributed by atoms with Gasteiger partial charge < -0.3 is 20.5 Å². The molecule has 2 aromatic carbocycles. The van der Waals surface area contributed by atoms with E-state index in [4.69, 9.17) is 26.8 Å². The number of fused-ring (bicyclic) bond motifs is 1. The first-order valence-electron chi connectivity index (χ1n) is 7.90. The summed E-state index contributed by atoms with van der Waals surface area (Å²) in [6.07, 6.45) is 1.27. The molecule has 0 saturated carbocycles. The summed E-state index contributed by atoms with van der Waals surface area (Å²) in [7, 11) is 1.61. The second-order valence-corrected chi connectivity index (χ2v) is 6.17. The molecule has 3 rings (SSSR count). The largest absolute Gasteiger partial charge is 0.486 e. The topological polar surface area (TPSA) is 82.3 Å². The summed E-state index contributed by atoms with van der Waals surface area (Å²) in [4.78, 5) is 8.51. The van der Waals surface area contributed by atoms with Gasteiger partial charge in [-0.25, -0.2) is 14.4 Å². The molecule has 3 N–H and O–H groups in total. The lowest BCUT2D eigenvalue weighted by Gasteiger charge is -2.16. The number of nitrogens with zero attached hydrogens (tertiary/aromatic N) is 2. The van der Waals surface area contributed by atoms with Gasteiger partial charge in [0.1, 0.15) is 29.8 Å². The first-order chi connectivity index (χ1) is 12.5. The van der Waals surface area contributed by atoms with E-state index in [0.717, 1.165) is 0 Å². The van der Waals surface area contributed by atoms with Gasteiger partial charge in [-0.2, -0.15) is 0 Å². The minimum absolute atomic E-state index is 0. The third kappa shape index (κ3) is 4.88. The number of hydrogen-bond acceptors (Lipinski definition) is 6. The van der Waals surface area contributed by atoms with Crippen LogP contribution in [0.15, 0.2) is 36.7 Å². The van der Waals surface area contributed by atoms with Crippen molar-refractivity contribution in [2.45, 2.75) is 13.0 Å². The van der Waals surface area contributed by atoms with Gasteiger partial charge in [0.25, 0.3) is 0 Å². The second kappa shape index (κ2) is 9.03. The fraction of sp³-hybridized carbons (Fsp3) is 0.222. The van der Waals surface area contributed by atoms with Crippen LogP contribution in [-0.4, -0.2) is 29.8 Å². The van der Waals surface area contributed by atoms with E-state index in [1.165, 1.54) is 18.5 Å². The number of nitrogen functional groups attached to an aromatic ring is 1. The van der Waals surface area contributed by atoms with E-state index in [9.17, 15) is 4.39 Å². The first kappa shape index (κ1) is 21.0. The van der Waals surface area contributed by atoms with E-state index in [1.807, 2.05) is 6.92 Å². The average molecular weight is 413 g/mol. The van der Waals surface area contributed by atoms with Crippen molar-refractivity contribution in [2.24, 2.45) is 0 Å². The zero-order valence-corrected chi connectivity index (χ0v) is 16.3. The predicted octanol–water partition coefficient (Wildman–Crippen LogP) is 4.58. The van der Waals surface area contributed by atoms with Crippen LogP contribution in [0.5, 0.6) is 5.75 Å². The van der Waals surface area contributed by atoms with Crippen LogP contribution in [0.1, 0.15) is 6.92 Å². The maximum absolute atomic E-state index is 13.3. The molecule has 3 aromatic rings. The third-order valence-electron chi connectivity index (χ3n) is 3.68. The van der Waals surface area contributed by atoms with E-state index in [2.05, 4.69) is 15.3 Å². The first-order valence-corrected chi connectivity index (χ1v) is 8.27. The summed E-state index contributed by atoms with van der Waals surface area (Å²) >= 11 is 5.82.